The van der Waals surface area contributed by atoms with Crippen molar-refractivity contribution >= 4 is 10.8 Å². The quantitative estimate of drug-likeness (QED) is 0.868. The molecule has 0 radical (unpaired) electrons. The highest BCUT2D eigenvalue weighted by Crippen LogP contribution is 2.29. The summed E-state index contributed by atoms with van der Waals surface area (Å²) in [6.45, 7) is 2.84. The summed E-state index contributed by atoms with van der Waals surface area (Å²) in [5.74, 6) is 0.397. The van der Waals surface area contributed by atoms with E-state index in [9.17, 15) is 5.11 Å². The van der Waals surface area contributed by atoms with Gasteiger partial charge in [0.05, 0.1) is 0 Å². The van der Waals surface area contributed by atoms with Crippen LogP contribution < -0.4 is 5.73 Å². The van der Waals surface area contributed by atoms with Crippen molar-refractivity contribution in [3.05, 3.63) is 42.0 Å². The van der Waals surface area contributed by atoms with Crippen LogP contribution in [0.3, 0.4) is 0 Å². The number of likely N-dealkylation sites (tertiary alicyclic amines) is 1. The molecule has 2 aromatic rings. The number of hydrogen-bond acceptors (Lipinski definition) is 3. The van der Waals surface area contributed by atoms with Crippen molar-refractivity contribution in [1.29, 1.82) is 0 Å². The second-order valence-corrected chi connectivity index (χ2v) is 5.40. The van der Waals surface area contributed by atoms with Crippen molar-refractivity contribution in [3.63, 3.8) is 0 Å². The second-order valence-electron chi connectivity index (χ2n) is 5.40. The van der Waals surface area contributed by atoms with Gasteiger partial charge in [-0.1, -0.05) is 30.3 Å². The number of piperidine rings is 1. The van der Waals surface area contributed by atoms with Gasteiger partial charge < -0.3 is 10.8 Å². The van der Waals surface area contributed by atoms with Crippen LogP contribution in [0.4, 0.5) is 0 Å². The van der Waals surface area contributed by atoms with Crippen LogP contribution in [0.1, 0.15) is 18.4 Å². The summed E-state index contributed by atoms with van der Waals surface area (Å²) in [6, 6.07) is 12.3. The fourth-order valence-corrected chi connectivity index (χ4v) is 2.83. The molecular weight excluding hydrogens is 236 g/mol. The van der Waals surface area contributed by atoms with Crippen LogP contribution in [-0.4, -0.2) is 29.1 Å². The van der Waals surface area contributed by atoms with Gasteiger partial charge in [-0.3, -0.25) is 4.90 Å². The Hall–Kier alpha value is -1.58. The summed E-state index contributed by atoms with van der Waals surface area (Å²) in [6.07, 6.45) is 2.09. The van der Waals surface area contributed by atoms with E-state index in [0.29, 0.717) is 11.8 Å². The molecule has 0 atom stereocenters. The predicted molar refractivity (Wildman–Crippen MR) is 78.1 cm³/mol. The van der Waals surface area contributed by atoms with Crippen LogP contribution in [-0.2, 0) is 6.54 Å². The van der Waals surface area contributed by atoms with Crippen LogP contribution in [0.5, 0.6) is 5.75 Å². The molecule has 0 aromatic heterocycles. The minimum Gasteiger partial charge on any atom is -0.508 e. The van der Waals surface area contributed by atoms with Crippen LogP contribution in [0, 0.1) is 0 Å². The van der Waals surface area contributed by atoms with E-state index in [1.807, 2.05) is 18.2 Å². The number of fused-ring (bicyclic) bond motifs is 1. The van der Waals surface area contributed by atoms with Gasteiger partial charge in [0.2, 0.25) is 0 Å². The molecule has 3 rings (SSSR count). The van der Waals surface area contributed by atoms with Crippen molar-refractivity contribution in [3.8, 4) is 5.75 Å². The average Bonchev–Trinajstić information content (AvgIpc) is 2.44. The molecule has 0 amide bonds. The lowest BCUT2D eigenvalue weighted by Crippen LogP contribution is -2.39. The van der Waals surface area contributed by atoms with Gasteiger partial charge >= 0.3 is 0 Å². The van der Waals surface area contributed by atoms with Gasteiger partial charge in [-0.15, -0.1) is 0 Å². The molecular formula is C16H20N2O. The van der Waals surface area contributed by atoms with Crippen molar-refractivity contribution in [2.45, 2.75) is 25.4 Å². The van der Waals surface area contributed by atoms with Crippen LogP contribution in [0.15, 0.2) is 36.4 Å². The third-order valence-corrected chi connectivity index (χ3v) is 4.03. The maximum atomic E-state index is 10.1. The summed E-state index contributed by atoms with van der Waals surface area (Å²) in [5.41, 5.74) is 6.97. The zero-order valence-electron chi connectivity index (χ0n) is 11.0. The highest BCUT2D eigenvalue weighted by atomic mass is 16.3. The van der Waals surface area contributed by atoms with E-state index in [4.69, 9.17) is 5.73 Å². The molecule has 3 N–H and O–H groups in total. The van der Waals surface area contributed by atoms with E-state index in [-0.39, 0.29) is 0 Å². The number of hydrogen-bond donors (Lipinski definition) is 2. The van der Waals surface area contributed by atoms with Gasteiger partial charge in [-0.2, -0.15) is 0 Å². The normalized spacial score (nSPS) is 17.9. The Morgan fingerprint density at radius 1 is 1.11 bits per heavy atom. The molecule has 0 spiro atoms. The number of phenolic OH excluding ortho intramolecular Hbond substituents is 1. The summed E-state index contributed by atoms with van der Waals surface area (Å²) in [5, 5.41) is 12.5. The summed E-state index contributed by atoms with van der Waals surface area (Å²) in [4.78, 5) is 2.38. The molecule has 0 aliphatic carbocycles. The average molecular weight is 256 g/mol. The van der Waals surface area contributed by atoms with E-state index in [2.05, 4.69) is 17.0 Å². The molecule has 0 saturated carbocycles. The minimum atomic E-state index is 0.345. The first-order valence-corrected chi connectivity index (χ1v) is 6.91. The predicted octanol–water partition coefficient (Wildman–Crippen LogP) is 2.47. The topological polar surface area (TPSA) is 49.5 Å². The Bertz CT molecular complexity index is 574. The van der Waals surface area contributed by atoms with Crippen LogP contribution in [0.25, 0.3) is 10.8 Å². The molecule has 1 aliphatic rings. The maximum absolute atomic E-state index is 10.1. The Morgan fingerprint density at radius 3 is 2.63 bits per heavy atom. The third-order valence-electron chi connectivity index (χ3n) is 4.03. The number of phenols is 1. The Balaban J connectivity index is 1.89. The van der Waals surface area contributed by atoms with E-state index >= 15 is 0 Å². The first kappa shape index (κ1) is 12.5. The summed E-state index contributed by atoms with van der Waals surface area (Å²) >= 11 is 0. The van der Waals surface area contributed by atoms with E-state index < -0.39 is 0 Å². The molecule has 2 aromatic carbocycles. The lowest BCUT2D eigenvalue weighted by molar-refractivity contribution is 0.204. The fraction of sp³-hybridized carbons (Fsp3) is 0.375. The highest BCUT2D eigenvalue weighted by Gasteiger charge is 2.18. The standard InChI is InChI=1S/C16H20N2O/c17-13-7-9-18(10-8-13)11-15-14-4-2-1-3-12(14)5-6-16(15)19/h1-6,13,19H,7-11,17H2. The SMILES string of the molecule is NC1CCN(Cc2c(O)ccc3ccccc23)CC1. The maximum Gasteiger partial charge on any atom is 0.120 e. The summed E-state index contributed by atoms with van der Waals surface area (Å²) in [7, 11) is 0. The van der Waals surface area contributed by atoms with E-state index in [1.165, 1.54) is 5.39 Å². The molecule has 19 heavy (non-hydrogen) atoms. The Morgan fingerprint density at radius 2 is 1.84 bits per heavy atom. The molecule has 3 nitrogen and oxygen atoms in total. The Kier molecular flexibility index (Phi) is 3.40. The highest BCUT2D eigenvalue weighted by molar-refractivity contribution is 5.87. The van der Waals surface area contributed by atoms with Crippen molar-refractivity contribution in [2.75, 3.05) is 13.1 Å². The Labute approximate surface area is 113 Å². The third kappa shape index (κ3) is 2.57. The lowest BCUT2D eigenvalue weighted by atomic mass is 10.0. The molecule has 3 heteroatoms. The molecule has 1 heterocycles. The number of benzene rings is 2. The molecule has 100 valence electrons. The zero-order chi connectivity index (χ0) is 13.2. The van der Waals surface area contributed by atoms with Crippen molar-refractivity contribution in [2.24, 2.45) is 5.73 Å². The molecule has 1 saturated heterocycles. The van der Waals surface area contributed by atoms with Gasteiger partial charge in [0.1, 0.15) is 5.75 Å². The molecule has 0 unspecified atom stereocenters. The zero-order valence-corrected chi connectivity index (χ0v) is 11.0. The fourth-order valence-electron chi connectivity index (χ4n) is 2.83. The van der Waals surface area contributed by atoms with Gasteiger partial charge in [0.15, 0.2) is 0 Å². The number of nitrogens with zero attached hydrogens (tertiary/aromatic N) is 1. The smallest absolute Gasteiger partial charge is 0.120 e. The summed E-state index contributed by atoms with van der Waals surface area (Å²) < 4.78 is 0. The first-order chi connectivity index (χ1) is 9.24. The lowest BCUT2D eigenvalue weighted by Gasteiger charge is -2.30. The van der Waals surface area contributed by atoms with Crippen LogP contribution in [0.2, 0.25) is 0 Å². The minimum absolute atomic E-state index is 0.345. The van der Waals surface area contributed by atoms with Gasteiger partial charge in [-0.05, 0) is 42.8 Å². The molecule has 1 aliphatic heterocycles. The first-order valence-electron chi connectivity index (χ1n) is 6.91. The van der Waals surface area contributed by atoms with E-state index in [1.54, 1.807) is 6.07 Å². The number of nitrogens with two attached hydrogens (primary N) is 1. The molecule has 0 bridgehead atoms. The number of rotatable bonds is 2. The van der Waals surface area contributed by atoms with Crippen LogP contribution >= 0.6 is 0 Å². The largest absolute Gasteiger partial charge is 0.508 e. The van der Waals surface area contributed by atoms with Gasteiger partial charge in [0.25, 0.3) is 0 Å². The molecule has 1 fully saturated rings. The monoisotopic (exact) mass is 256 g/mol. The second kappa shape index (κ2) is 5.19. The van der Waals surface area contributed by atoms with Gasteiger partial charge in [0, 0.05) is 18.2 Å². The number of aromatic hydroxyl groups is 1. The van der Waals surface area contributed by atoms with E-state index in [0.717, 1.165) is 43.4 Å². The van der Waals surface area contributed by atoms with Gasteiger partial charge in [-0.25, -0.2) is 0 Å². The van der Waals surface area contributed by atoms with Crippen molar-refractivity contribution in [1.82, 2.24) is 4.90 Å². The van der Waals surface area contributed by atoms with Crippen molar-refractivity contribution < 1.29 is 5.11 Å².